The van der Waals surface area contributed by atoms with Crippen molar-refractivity contribution in [2.24, 2.45) is 0 Å². The molecule has 0 saturated carbocycles. The molecule has 45 heavy (non-hydrogen) atoms. The average molecular weight is 592 g/mol. The van der Waals surface area contributed by atoms with Crippen molar-refractivity contribution in [2.45, 2.75) is 24.5 Å². The molecule has 1 aliphatic heterocycles. The summed E-state index contributed by atoms with van der Waals surface area (Å²) in [6, 6.07) is 42.8. The summed E-state index contributed by atoms with van der Waals surface area (Å²) in [5, 5.41) is 7.69. The summed E-state index contributed by atoms with van der Waals surface area (Å²) in [7, 11) is 1.34. The van der Waals surface area contributed by atoms with E-state index in [0.29, 0.717) is 12.0 Å². The first-order valence-electron chi connectivity index (χ1n) is 15.1. The minimum atomic E-state index is -0.943. The zero-order valence-corrected chi connectivity index (χ0v) is 24.9. The second-order valence-corrected chi connectivity index (χ2v) is 11.4. The first-order chi connectivity index (χ1) is 22.1. The number of rotatable bonds is 7. The van der Waals surface area contributed by atoms with Crippen molar-refractivity contribution >= 4 is 22.8 Å². The van der Waals surface area contributed by atoms with Crippen LogP contribution in [0.15, 0.2) is 133 Å². The topological polar surface area (TPSA) is 83.2 Å². The molecule has 222 valence electrons. The maximum atomic E-state index is 14.0. The molecule has 0 spiro atoms. The van der Waals surface area contributed by atoms with Crippen LogP contribution in [0.2, 0.25) is 0 Å². The van der Waals surface area contributed by atoms with E-state index >= 15 is 0 Å². The van der Waals surface area contributed by atoms with Crippen LogP contribution in [0.3, 0.4) is 0 Å². The van der Waals surface area contributed by atoms with Crippen LogP contribution in [0.4, 0.5) is 0 Å². The Balaban J connectivity index is 1.18. The Bertz CT molecular complexity index is 1950. The fraction of sp³-hybridized carbons (Fsp3) is 0.128. The molecule has 2 unspecified atom stereocenters. The van der Waals surface area contributed by atoms with Crippen LogP contribution in [-0.4, -0.2) is 30.0 Å². The van der Waals surface area contributed by atoms with E-state index in [1.165, 1.54) is 7.11 Å². The molecule has 2 heterocycles. The van der Waals surface area contributed by atoms with Crippen molar-refractivity contribution in [1.29, 1.82) is 0 Å². The molecule has 5 aromatic carbocycles. The summed E-state index contributed by atoms with van der Waals surface area (Å²) >= 11 is 0. The first-order valence-corrected chi connectivity index (χ1v) is 15.1. The standard InChI is InChI=1S/C39H33N3O3/c1-45-39(44)36(30-22-18-28(19-23-30)26-12-6-3-7-13-26)42-38(43)34-24-32-31-14-8-9-15-33(31)40-37(32)35(41-34)29-20-16-27(17-21-29)25-10-4-2-5-11-25/h2-23,34-36,40-41H,24H2,1H3,(H,42,43)/t34-,35?,36?/m1/s1. The molecule has 3 atom stereocenters. The Labute approximate surface area is 262 Å². The van der Waals surface area contributed by atoms with Crippen molar-refractivity contribution < 1.29 is 14.3 Å². The summed E-state index contributed by atoms with van der Waals surface area (Å²) in [4.78, 5) is 30.6. The van der Waals surface area contributed by atoms with Gasteiger partial charge in [-0.2, -0.15) is 0 Å². The fourth-order valence-corrected chi connectivity index (χ4v) is 6.30. The maximum absolute atomic E-state index is 14.0. The van der Waals surface area contributed by atoms with Gasteiger partial charge < -0.3 is 15.0 Å². The number of H-pyrrole nitrogens is 1. The third kappa shape index (κ3) is 5.64. The van der Waals surface area contributed by atoms with Gasteiger partial charge in [-0.3, -0.25) is 10.1 Å². The molecule has 0 saturated heterocycles. The van der Waals surface area contributed by atoms with Gasteiger partial charge in [-0.25, -0.2) is 4.79 Å². The van der Waals surface area contributed by atoms with E-state index in [9.17, 15) is 9.59 Å². The van der Waals surface area contributed by atoms with Crippen molar-refractivity contribution in [3.63, 3.8) is 0 Å². The molecule has 6 aromatic rings. The maximum Gasteiger partial charge on any atom is 0.333 e. The zero-order valence-electron chi connectivity index (χ0n) is 24.9. The molecular weight excluding hydrogens is 558 g/mol. The van der Waals surface area contributed by atoms with Gasteiger partial charge in [0.05, 0.1) is 19.2 Å². The molecule has 3 N–H and O–H groups in total. The van der Waals surface area contributed by atoms with Crippen LogP contribution in [0.25, 0.3) is 33.2 Å². The fourth-order valence-electron chi connectivity index (χ4n) is 6.30. The zero-order chi connectivity index (χ0) is 30.8. The van der Waals surface area contributed by atoms with Crippen molar-refractivity contribution in [3.8, 4) is 22.3 Å². The van der Waals surface area contributed by atoms with Crippen molar-refractivity contribution in [2.75, 3.05) is 7.11 Å². The van der Waals surface area contributed by atoms with Crippen LogP contribution in [0.5, 0.6) is 0 Å². The molecule has 6 heteroatoms. The number of carbonyl (C=O) groups excluding carboxylic acids is 2. The first kappa shape index (κ1) is 28.3. The van der Waals surface area contributed by atoms with E-state index in [2.05, 4.69) is 64.1 Å². The SMILES string of the molecule is COC(=O)C(NC(=O)[C@H]1Cc2c([nH]c3ccccc23)C(c2ccc(-c3ccccc3)cc2)N1)c1ccc(-c2ccccc2)cc1. The van der Waals surface area contributed by atoms with E-state index in [0.717, 1.165) is 50.0 Å². The van der Waals surface area contributed by atoms with Gasteiger partial charge in [0.2, 0.25) is 5.91 Å². The Kier molecular flexibility index (Phi) is 7.72. The van der Waals surface area contributed by atoms with Gasteiger partial charge in [0.25, 0.3) is 0 Å². The van der Waals surface area contributed by atoms with Crippen molar-refractivity contribution in [3.05, 3.63) is 156 Å². The average Bonchev–Trinajstić information content (AvgIpc) is 3.49. The largest absolute Gasteiger partial charge is 0.467 e. The number of nitrogens with one attached hydrogen (secondary N) is 3. The molecule has 0 bridgehead atoms. The number of carbonyl (C=O) groups is 2. The predicted octanol–water partition coefficient (Wildman–Crippen LogP) is 7.14. The highest BCUT2D eigenvalue weighted by Gasteiger charge is 2.36. The van der Waals surface area contributed by atoms with E-state index < -0.39 is 18.1 Å². The minimum Gasteiger partial charge on any atom is -0.467 e. The number of fused-ring (bicyclic) bond motifs is 3. The lowest BCUT2D eigenvalue weighted by atomic mass is 9.89. The second kappa shape index (κ2) is 12.3. The minimum absolute atomic E-state index is 0.247. The van der Waals surface area contributed by atoms with E-state index in [4.69, 9.17) is 4.74 Å². The van der Waals surface area contributed by atoms with E-state index in [1.807, 2.05) is 84.9 Å². The third-order valence-corrected chi connectivity index (χ3v) is 8.65. The molecule has 7 rings (SSSR count). The Morgan fingerprint density at radius 2 is 1.27 bits per heavy atom. The second-order valence-electron chi connectivity index (χ2n) is 11.4. The van der Waals surface area contributed by atoms with Gasteiger partial charge in [0.15, 0.2) is 6.04 Å². The summed E-state index contributed by atoms with van der Waals surface area (Å²) in [6.45, 7) is 0. The number of amides is 1. The van der Waals surface area contributed by atoms with Crippen LogP contribution in [-0.2, 0) is 20.7 Å². The number of aromatic nitrogens is 1. The molecular formula is C39H33N3O3. The summed E-state index contributed by atoms with van der Waals surface area (Å²) in [6.07, 6.45) is 0.477. The van der Waals surface area contributed by atoms with E-state index in [-0.39, 0.29) is 11.9 Å². The van der Waals surface area contributed by atoms with Gasteiger partial charge in [0, 0.05) is 16.6 Å². The Morgan fingerprint density at radius 3 is 1.89 bits per heavy atom. The normalized spacial score (nSPS) is 16.5. The molecule has 1 aliphatic rings. The molecule has 0 fully saturated rings. The smallest absolute Gasteiger partial charge is 0.333 e. The molecule has 1 amide bonds. The van der Waals surface area contributed by atoms with Crippen LogP contribution in [0, 0.1) is 0 Å². The Hall–Kier alpha value is -5.46. The summed E-state index contributed by atoms with van der Waals surface area (Å²) < 4.78 is 5.13. The van der Waals surface area contributed by atoms with Gasteiger partial charge in [-0.05, 0) is 51.4 Å². The lowest BCUT2D eigenvalue weighted by Crippen LogP contribution is -2.51. The van der Waals surface area contributed by atoms with Crippen LogP contribution in [0.1, 0.15) is 34.5 Å². The molecule has 0 aliphatic carbocycles. The number of methoxy groups -OCH3 is 1. The highest BCUT2D eigenvalue weighted by Crippen LogP contribution is 2.36. The highest BCUT2D eigenvalue weighted by atomic mass is 16.5. The number of hydrogen-bond donors (Lipinski definition) is 3. The molecule has 6 nitrogen and oxygen atoms in total. The number of esters is 1. The van der Waals surface area contributed by atoms with Gasteiger partial charge in [0.1, 0.15) is 0 Å². The lowest BCUT2D eigenvalue weighted by Gasteiger charge is -2.32. The van der Waals surface area contributed by atoms with Crippen molar-refractivity contribution in [1.82, 2.24) is 15.6 Å². The number of aromatic amines is 1. The lowest BCUT2D eigenvalue weighted by molar-refractivity contribution is -0.145. The number of ether oxygens (including phenoxy) is 1. The van der Waals surface area contributed by atoms with Crippen LogP contribution < -0.4 is 10.6 Å². The molecule has 1 aromatic heterocycles. The summed E-state index contributed by atoms with van der Waals surface area (Å²) in [5.41, 5.74) is 9.25. The quantitative estimate of drug-likeness (QED) is 0.172. The molecule has 0 radical (unpaired) electrons. The Morgan fingerprint density at radius 1 is 0.711 bits per heavy atom. The third-order valence-electron chi connectivity index (χ3n) is 8.65. The van der Waals surface area contributed by atoms with Gasteiger partial charge in [-0.15, -0.1) is 0 Å². The van der Waals surface area contributed by atoms with Crippen LogP contribution >= 0.6 is 0 Å². The number of benzene rings is 5. The van der Waals surface area contributed by atoms with Gasteiger partial charge in [-0.1, -0.05) is 127 Å². The predicted molar refractivity (Wildman–Crippen MR) is 177 cm³/mol. The summed E-state index contributed by atoms with van der Waals surface area (Å²) in [5.74, 6) is -0.785. The highest BCUT2D eigenvalue weighted by molar-refractivity contribution is 5.91. The van der Waals surface area contributed by atoms with Gasteiger partial charge >= 0.3 is 5.97 Å². The monoisotopic (exact) mass is 591 g/mol. The number of para-hydroxylation sites is 1. The number of hydrogen-bond acceptors (Lipinski definition) is 4. The van der Waals surface area contributed by atoms with E-state index in [1.54, 1.807) is 0 Å².